The van der Waals surface area contributed by atoms with E-state index in [9.17, 15) is 0 Å². The molecule has 0 aromatic carbocycles. The molecule has 0 fully saturated rings. The summed E-state index contributed by atoms with van der Waals surface area (Å²) in [6.07, 6.45) is 6.22. The molecule has 0 saturated carbocycles. The first-order chi connectivity index (χ1) is 10.1. The van der Waals surface area contributed by atoms with Crippen LogP contribution in [0.25, 0.3) is 0 Å². The molecule has 1 unspecified atom stereocenters. The first-order valence-electron chi connectivity index (χ1n) is 7.81. The number of aryl methyl sites for hydroxylation is 3. The number of nitrogens with one attached hydrogen (secondary N) is 1. The summed E-state index contributed by atoms with van der Waals surface area (Å²) >= 11 is 0. The third kappa shape index (κ3) is 3.53. The lowest BCUT2D eigenvalue weighted by Gasteiger charge is -2.16. The number of rotatable bonds is 7. The largest absolute Gasteiger partial charge is 0.310 e. The van der Waals surface area contributed by atoms with Gasteiger partial charge in [0.2, 0.25) is 0 Å². The summed E-state index contributed by atoms with van der Waals surface area (Å²) < 4.78 is 4.00. The van der Waals surface area contributed by atoms with Gasteiger partial charge in [-0.1, -0.05) is 13.8 Å². The summed E-state index contributed by atoms with van der Waals surface area (Å²) in [5, 5.41) is 12.6. The zero-order chi connectivity index (χ0) is 15.4. The molecule has 0 saturated heterocycles. The van der Waals surface area contributed by atoms with Gasteiger partial charge < -0.3 is 5.32 Å². The average Bonchev–Trinajstić information content (AvgIpc) is 2.99. The van der Waals surface area contributed by atoms with Gasteiger partial charge in [0.25, 0.3) is 0 Å². The summed E-state index contributed by atoms with van der Waals surface area (Å²) in [6.45, 7) is 10.5. The van der Waals surface area contributed by atoms with Crippen LogP contribution in [0.15, 0.2) is 12.4 Å². The highest BCUT2D eigenvalue weighted by molar-refractivity contribution is 5.27. The van der Waals surface area contributed by atoms with Crippen LogP contribution >= 0.6 is 0 Å². The van der Waals surface area contributed by atoms with Crippen molar-refractivity contribution in [1.82, 2.24) is 24.9 Å². The lowest BCUT2D eigenvalue weighted by atomic mass is 10.00. The van der Waals surface area contributed by atoms with Crippen LogP contribution in [-0.4, -0.2) is 26.1 Å². The molecule has 0 aliphatic heterocycles. The molecule has 116 valence electrons. The average molecular weight is 289 g/mol. The molecule has 5 heteroatoms. The zero-order valence-electron chi connectivity index (χ0n) is 13.8. The number of nitrogens with zero attached hydrogens (tertiary/aromatic N) is 4. The van der Waals surface area contributed by atoms with Gasteiger partial charge in [0.05, 0.1) is 11.9 Å². The molecule has 0 spiro atoms. The van der Waals surface area contributed by atoms with Crippen molar-refractivity contribution in [1.29, 1.82) is 0 Å². The van der Waals surface area contributed by atoms with Crippen LogP contribution in [0.1, 0.15) is 48.8 Å². The Bertz CT molecular complexity index is 582. The van der Waals surface area contributed by atoms with E-state index in [0.717, 1.165) is 31.6 Å². The smallest absolute Gasteiger partial charge is 0.0629 e. The van der Waals surface area contributed by atoms with Crippen molar-refractivity contribution in [2.75, 3.05) is 6.54 Å². The third-order valence-corrected chi connectivity index (χ3v) is 4.03. The molecule has 1 atom stereocenters. The SMILES string of the molecule is CCCn1cc(C(Cc2c(C)nn(C)c2C)NCC)cn1. The highest BCUT2D eigenvalue weighted by Gasteiger charge is 2.18. The summed E-state index contributed by atoms with van der Waals surface area (Å²) in [6, 6.07) is 0.294. The second-order valence-corrected chi connectivity index (χ2v) is 5.62. The summed E-state index contributed by atoms with van der Waals surface area (Å²) in [5.41, 5.74) is 4.97. The van der Waals surface area contributed by atoms with E-state index >= 15 is 0 Å². The van der Waals surface area contributed by atoms with Gasteiger partial charge in [-0.3, -0.25) is 9.36 Å². The van der Waals surface area contributed by atoms with Gasteiger partial charge in [0.1, 0.15) is 0 Å². The van der Waals surface area contributed by atoms with Crippen molar-refractivity contribution in [3.8, 4) is 0 Å². The van der Waals surface area contributed by atoms with Gasteiger partial charge >= 0.3 is 0 Å². The molecule has 0 radical (unpaired) electrons. The van der Waals surface area contributed by atoms with E-state index < -0.39 is 0 Å². The lowest BCUT2D eigenvalue weighted by molar-refractivity contribution is 0.544. The summed E-state index contributed by atoms with van der Waals surface area (Å²) in [7, 11) is 2.01. The molecule has 21 heavy (non-hydrogen) atoms. The number of hydrogen-bond donors (Lipinski definition) is 1. The highest BCUT2D eigenvalue weighted by atomic mass is 15.3. The van der Waals surface area contributed by atoms with E-state index in [1.807, 2.05) is 22.6 Å². The van der Waals surface area contributed by atoms with Gasteiger partial charge in [-0.05, 0) is 38.8 Å². The third-order valence-electron chi connectivity index (χ3n) is 4.03. The molecule has 0 bridgehead atoms. The number of likely N-dealkylation sites (N-methyl/N-ethyl adjacent to an activating group) is 1. The van der Waals surface area contributed by atoms with Gasteiger partial charge in [0.15, 0.2) is 0 Å². The molecule has 0 aliphatic rings. The van der Waals surface area contributed by atoms with Crippen LogP contribution in [-0.2, 0) is 20.0 Å². The van der Waals surface area contributed by atoms with Crippen molar-refractivity contribution in [2.24, 2.45) is 7.05 Å². The van der Waals surface area contributed by atoms with E-state index in [1.54, 1.807) is 0 Å². The summed E-state index contributed by atoms with van der Waals surface area (Å²) in [5.74, 6) is 0. The van der Waals surface area contributed by atoms with Gasteiger partial charge in [-0.15, -0.1) is 0 Å². The Kier molecular flexibility index (Phi) is 5.17. The first-order valence-corrected chi connectivity index (χ1v) is 7.81. The fourth-order valence-electron chi connectivity index (χ4n) is 2.78. The zero-order valence-corrected chi connectivity index (χ0v) is 13.8. The first kappa shape index (κ1) is 15.8. The number of aromatic nitrogens is 4. The van der Waals surface area contributed by atoms with E-state index in [1.165, 1.54) is 16.8 Å². The van der Waals surface area contributed by atoms with Gasteiger partial charge in [-0.25, -0.2) is 0 Å². The Hall–Kier alpha value is -1.62. The van der Waals surface area contributed by atoms with Crippen molar-refractivity contribution in [3.05, 3.63) is 34.9 Å². The van der Waals surface area contributed by atoms with Crippen molar-refractivity contribution in [2.45, 2.75) is 53.1 Å². The van der Waals surface area contributed by atoms with Gasteiger partial charge in [-0.2, -0.15) is 10.2 Å². The van der Waals surface area contributed by atoms with Crippen molar-refractivity contribution >= 4 is 0 Å². The molecular formula is C16H27N5. The number of hydrogen-bond acceptors (Lipinski definition) is 3. The topological polar surface area (TPSA) is 47.7 Å². The minimum Gasteiger partial charge on any atom is -0.310 e. The van der Waals surface area contributed by atoms with Crippen LogP contribution in [0, 0.1) is 13.8 Å². The molecule has 2 aromatic heterocycles. The van der Waals surface area contributed by atoms with Crippen LogP contribution in [0.2, 0.25) is 0 Å². The minimum absolute atomic E-state index is 0.294. The Morgan fingerprint density at radius 2 is 2.05 bits per heavy atom. The Morgan fingerprint density at radius 1 is 1.29 bits per heavy atom. The van der Waals surface area contributed by atoms with Crippen molar-refractivity contribution in [3.63, 3.8) is 0 Å². The monoisotopic (exact) mass is 289 g/mol. The van der Waals surface area contributed by atoms with Crippen LogP contribution in [0.3, 0.4) is 0 Å². The van der Waals surface area contributed by atoms with E-state index in [2.05, 4.69) is 49.4 Å². The quantitative estimate of drug-likeness (QED) is 0.852. The maximum absolute atomic E-state index is 4.52. The van der Waals surface area contributed by atoms with Crippen molar-refractivity contribution < 1.29 is 0 Å². The molecule has 5 nitrogen and oxygen atoms in total. The second-order valence-electron chi connectivity index (χ2n) is 5.62. The highest BCUT2D eigenvalue weighted by Crippen LogP contribution is 2.22. The van der Waals surface area contributed by atoms with Gasteiger partial charge in [0, 0.05) is 37.1 Å². The second kappa shape index (κ2) is 6.89. The fourth-order valence-corrected chi connectivity index (χ4v) is 2.78. The van der Waals surface area contributed by atoms with Crippen LogP contribution < -0.4 is 5.32 Å². The minimum atomic E-state index is 0.294. The molecule has 2 aromatic rings. The molecular weight excluding hydrogens is 262 g/mol. The van der Waals surface area contributed by atoms with E-state index in [4.69, 9.17) is 0 Å². The fraction of sp³-hybridized carbons (Fsp3) is 0.625. The summed E-state index contributed by atoms with van der Waals surface area (Å²) in [4.78, 5) is 0. The maximum atomic E-state index is 4.52. The lowest BCUT2D eigenvalue weighted by Crippen LogP contribution is -2.23. The predicted molar refractivity (Wildman–Crippen MR) is 85.3 cm³/mol. The predicted octanol–water partition coefficient (Wildman–Crippen LogP) is 2.54. The Balaban J connectivity index is 2.21. The van der Waals surface area contributed by atoms with Crippen LogP contribution in [0.4, 0.5) is 0 Å². The molecule has 1 N–H and O–H groups in total. The van der Waals surface area contributed by atoms with E-state index in [0.29, 0.717) is 6.04 Å². The molecule has 0 amide bonds. The standard InChI is InChI=1S/C16H27N5/c1-6-8-21-11-14(10-18-21)16(17-7-2)9-15-12(3)19-20(5)13(15)4/h10-11,16-17H,6-9H2,1-5H3. The molecule has 0 aliphatic carbocycles. The van der Waals surface area contributed by atoms with Crippen LogP contribution in [0.5, 0.6) is 0 Å². The Morgan fingerprint density at radius 3 is 2.62 bits per heavy atom. The Labute approximate surface area is 127 Å². The molecule has 2 heterocycles. The molecule has 2 rings (SSSR count). The maximum Gasteiger partial charge on any atom is 0.0629 e. The normalized spacial score (nSPS) is 12.8. The van der Waals surface area contributed by atoms with E-state index in [-0.39, 0.29) is 0 Å².